The Morgan fingerprint density at radius 1 is 1.16 bits per heavy atom. The van der Waals surface area contributed by atoms with Crippen LogP contribution in [0.2, 0.25) is 0 Å². The number of carbonyl (C=O) groups is 2. The van der Waals surface area contributed by atoms with Crippen molar-refractivity contribution in [3.05, 3.63) is 72.3 Å². The number of nitrogens with one attached hydrogen (secondary N) is 1. The van der Waals surface area contributed by atoms with E-state index in [1.54, 1.807) is 36.0 Å². The second-order valence-corrected chi connectivity index (χ2v) is 5.75. The third-order valence-corrected chi connectivity index (χ3v) is 4.08. The van der Waals surface area contributed by atoms with Crippen LogP contribution < -0.4 is 0 Å². The third kappa shape index (κ3) is 2.67. The zero-order chi connectivity index (χ0) is 17.4. The number of aromatic nitrogens is 3. The van der Waals surface area contributed by atoms with Gasteiger partial charge in [0.15, 0.2) is 11.8 Å². The van der Waals surface area contributed by atoms with Crippen LogP contribution in [0.25, 0.3) is 16.6 Å². The van der Waals surface area contributed by atoms with Gasteiger partial charge in [0.2, 0.25) is 5.78 Å². The zero-order valence-corrected chi connectivity index (χ0v) is 13.5. The maximum absolute atomic E-state index is 12.6. The number of imidazole rings is 1. The van der Waals surface area contributed by atoms with E-state index in [4.69, 9.17) is 4.74 Å². The highest BCUT2D eigenvalue weighted by molar-refractivity contribution is 6.10. The van der Waals surface area contributed by atoms with Crippen molar-refractivity contribution in [3.63, 3.8) is 0 Å². The highest BCUT2D eigenvalue weighted by atomic mass is 16.5. The Hall–Kier alpha value is -3.41. The van der Waals surface area contributed by atoms with Gasteiger partial charge in [-0.25, -0.2) is 9.78 Å². The molecule has 1 N–H and O–H groups in total. The molecule has 0 aliphatic carbocycles. The van der Waals surface area contributed by atoms with Crippen molar-refractivity contribution in [2.45, 2.75) is 13.0 Å². The SMILES string of the molecule is CC(OC(=O)c1cn2ccccc2n1)C(=O)c1c[nH]c2ccccc12. The molecule has 0 amide bonds. The van der Waals surface area contributed by atoms with Gasteiger partial charge in [0, 0.05) is 35.1 Å². The lowest BCUT2D eigenvalue weighted by atomic mass is 10.1. The molecule has 0 saturated heterocycles. The average molecular weight is 333 g/mol. The average Bonchev–Trinajstić information content (AvgIpc) is 3.25. The van der Waals surface area contributed by atoms with Crippen molar-refractivity contribution in [1.82, 2.24) is 14.4 Å². The standard InChI is InChI=1S/C19H15N3O3/c1-12(18(23)14-10-20-15-7-3-2-6-13(14)15)25-19(24)16-11-22-9-5-4-8-17(22)21-16/h2-12,20H,1H3. The summed E-state index contributed by atoms with van der Waals surface area (Å²) in [6.45, 7) is 1.57. The molecule has 3 heterocycles. The smallest absolute Gasteiger partial charge is 0.359 e. The molecule has 4 rings (SSSR count). The molecule has 1 atom stereocenters. The molecule has 6 heteroatoms. The number of carbonyl (C=O) groups excluding carboxylic acids is 2. The van der Waals surface area contributed by atoms with Crippen LogP contribution in [0.5, 0.6) is 0 Å². The molecule has 124 valence electrons. The van der Waals surface area contributed by atoms with Crippen LogP contribution in [0, 0.1) is 0 Å². The number of benzene rings is 1. The number of Topliss-reactive ketones (excluding diaryl/α,β-unsaturated/α-hetero) is 1. The van der Waals surface area contributed by atoms with Crippen LogP contribution in [0.4, 0.5) is 0 Å². The molecule has 0 bridgehead atoms. The van der Waals surface area contributed by atoms with Crippen LogP contribution >= 0.6 is 0 Å². The fourth-order valence-corrected chi connectivity index (χ4v) is 2.80. The van der Waals surface area contributed by atoms with Gasteiger partial charge in [0.05, 0.1) is 0 Å². The van der Waals surface area contributed by atoms with Crippen molar-refractivity contribution in [2.24, 2.45) is 0 Å². The van der Waals surface area contributed by atoms with Gasteiger partial charge in [-0.1, -0.05) is 24.3 Å². The molecule has 0 radical (unpaired) electrons. The molecule has 0 aliphatic heterocycles. The van der Waals surface area contributed by atoms with Gasteiger partial charge < -0.3 is 14.1 Å². The molecule has 0 spiro atoms. The lowest BCUT2D eigenvalue weighted by molar-refractivity contribution is 0.0314. The minimum absolute atomic E-state index is 0.171. The number of aromatic amines is 1. The summed E-state index contributed by atoms with van der Waals surface area (Å²) < 4.78 is 7.05. The van der Waals surface area contributed by atoms with Gasteiger partial charge in [-0.15, -0.1) is 0 Å². The summed E-state index contributed by atoms with van der Waals surface area (Å²) in [6.07, 6.45) is 4.11. The number of ketones is 1. The van der Waals surface area contributed by atoms with E-state index in [1.807, 2.05) is 36.4 Å². The molecule has 1 unspecified atom stereocenters. The van der Waals surface area contributed by atoms with E-state index in [0.717, 1.165) is 10.9 Å². The number of esters is 1. The minimum atomic E-state index is -0.906. The summed E-state index contributed by atoms with van der Waals surface area (Å²) in [6, 6.07) is 13.0. The van der Waals surface area contributed by atoms with Gasteiger partial charge in [-0.05, 0) is 25.1 Å². The van der Waals surface area contributed by atoms with Crippen molar-refractivity contribution in [3.8, 4) is 0 Å². The Balaban J connectivity index is 1.55. The maximum atomic E-state index is 12.6. The molecule has 4 aromatic rings. The summed E-state index contributed by atoms with van der Waals surface area (Å²) in [5.41, 5.74) is 2.19. The number of H-pyrrole nitrogens is 1. The van der Waals surface area contributed by atoms with Gasteiger partial charge in [-0.2, -0.15) is 0 Å². The predicted molar refractivity (Wildman–Crippen MR) is 92.7 cm³/mol. The maximum Gasteiger partial charge on any atom is 0.359 e. The van der Waals surface area contributed by atoms with E-state index in [1.165, 1.54) is 0 Å². The van der Waals surface area contributed by atoms with Gasteiger partial charge in [-0.3, -0.25) is 4.79 Å². The zero-order valence-electron chi connectivity index (χ0n) is 13.5. The van der Waals surface area contributed by atoms with Gasteiger partial charge in [0.1, 0.15) is 5.65 Å². The number of nitrogens with zero attached hydrogens (tertiary/aromatic N) is 2. The Morgan fingerprint density at radius 3 is 2.80 bits per heavy atom. The minimum Gasteiger partial charge on any atom is -0.449 e. The highest BCUT2D eigenvalue weighted by Gasteiger charge is 2.24. The fourth-order valence-electron chi connectivity index (χ4n) is 2.80. The summed E-state index contributed by atoms with van der Waals surface area (Å²) in [5.74, 6) is -0.876. The molecule has 0 aliphatic rings. The van der Waals surface area contributed by atoms with Gasteiger partial charge in [0.25, 0.3) is 0 Å². The number of fused-ring (bicyclic) bond motifs is 2. The lowest BCUT2D eigenvalue weighted by Crippen LogP contribution is -2.24. The van der Waals surface area contributed by atoms with E-state index >= 15 is 0 Å². The van der Waals surface area contributed by atoms with Crippen LogP contribution in [0.15, 0.2) is 61.1 Å². The van der Waals surface area contributed by atoms with Crippen LogP contribution in [0.1, 0.15) is 27.8 Å². The van der Waals surface area contributed by atoms with Crippen LogP contribution in [-0.4, -0.2) is 32.2 Å². The van der Waals surface area contributed by atoms with E-state index in [-0.39, 0.29) is 11.5 Å². The number of rotatable bonds is 4. The highest BCUT2D eigenvalue weighted by Crippen LogP contribution is 2.20. The molecule has 6 nitrogen and oxygen atoms in total. The Labute approximate surface area is 143 Å². The molecule has 0 fully saturated rings. The second-order valence-electron chi connectivity index (χ2n) is 5.75. The topological polar surface area (TPSA) is 76.5 Å². The summed E-state index contributed by atoms with van der Waals surface area (Å²) in [4.78, 5) is 32.2. The molecular weight excluding hydrogens is 318 g/mol. The first-order valence-corrected chi connectivity index (χ1v) is 7.88. The summed E-state index contributed by atoms with van der Waals surface area (Å²) >= 11 is 0. The lowest BCUT2D eigenvalue weighted by Gasteiger charge is -2.10. The monoisotopic (exact) mass is 333 g/mol. The predicted octanol–water partition coefficient (Wildman–Crippen LogP) is 3.24. The second kappa shape index (κ2) is 5.90. The molecule has 1 aromatic carbocycles. The van der Waals surface area contributed by atoms with Crippen LogP contribution in [-0.2, 0) is 4.74 Å². The van der Waals surface area contributed by atoms with E-state index < -0.39 is 12.1 Å². The number of ether oxygens (including phenoxy) is 1. The van der Waals surface area contributed by atoms with Crippen molar-refractivity contribution in [1.29, 1.82) is 0 Å². The van der Waals surface area contributed by atoms with Crippen molar-refractivity contribution >= 4 is 28.3 Å². The first kappa shape index (κ1) is 15.1. The third-order valence-electron chi connectivity index (χ3n) is 4.08. The van der Waals surface area contributed by atoms with E-state index in [2.05, 4.69) is 9.97 Å². The molecular formula is C19H15N3O3. The van der Waals surface area contributed by atoms with Crippen molar-refractivity contribution in [2.75, 3.05) is 0 Å². The van der Waals surface area contributed by atoms with E-state index in [0.29, 0.717) is 11.2 Å². The Kier molecular flexibility index (Phi) is 3.57. The van der Waals surface area contributed by atoms with Crippen molar-refractivity contribution < 1.29 is 14.3 Å². The number of hydrogen-bond acceptors (Lipinski definition) is 4. The first-order valence-electron chi connectivity index (χ1n) is 7.88. The fraction of sp³-hybridized carbons (Fsp3) is 0.105. The number of hydrogen-bond donors (Lipinski definition) is 1. The Morgan fingerprint density at radius 2 is 1.96 bits per heavy atom. The molecule has 0 saturated carbocycles. The summed E-state index contributed by atoms with van der Waals surface area (Å²) in [5, 5.41) is 0.808. The molecule has 3 aromatic heterocycles. The quantitative estimate of drug-likeness (QED) is 0.459. The first-order chi connectivity index (χ1) is 12.1. The van der Waals surface area contributed by atoms with Crippen LogP contribution in [0.3, 0.4) is 0 Å². The Bertz CT molecular complexity index is 1060. The summed E-state index contributed by atoms with van der Waals surface area (Å²) in [7, 11) is 0. The van der Waals surface area contributed by atoms with Gasteiger partial charge >= 0.3 is 5.97 Å². The van der Waals surface area contributed by atoms with E-state index in [9.17, 15) is 9.59 Å². The largest absolute Gasteiger partial charge is 0.449 e. The molecule has 25 heavy (non-hydrogen) atoms. The number of para-hydroxylation sites is 1. The number of pyridine rings is 1. The normalized spacial score (nSPS) is 12.4.